The number of amides is 3. The number of hydrazone groups is 1. The van der Waals surface area contributed by atoms with Gasteiger partial charge < -0.3 is 20.1 Å². The van der Waals surface area contributed by atoms with E-state index in [0.29, 0.717) is 10.0 Å². The van der Waals surface area contributed by atoms with Crippen molar-refractivity contribution in [3.05, 3.63) is 28.2 Å². The van der Waals surface area contributed by atoms with E-state index in [0.717, 1.165) is 0 Å². The van der Waals surface area contributed by atoms with Crippen LogP contribution in [0.4, 0.5) is 13.6 Å². The van der Waals surface area contributed by atoms with E-state index in [1.54, 1.807) is 12.2 Å². The number of likely N-dealkylation sites (N-methyl/N-ethyl adjacent to an activating group) is 1. The molecule has 3 rings (SSSR count). The number of rotatable bonds is 6. The minimum Gasteiger partial charge on any atom is -0.435 e. The van der Waals surface area contributed by atoms with Crippen molar-refractivity contribution >= 4 is 39.5 Å². The van der Waals surface area contributed by atoms with Gasteiger partial charge in [0, 0.05) is 27.2 Å². The van der Waals surface area contributed by atoms with Crippen molar-refractivity contribution in [2.75, 3.05) is 6.98 Å². The molecule has 0 saturated heterocycles. The van der Waals surface area contributed by atoms with E-state index >= 15 is 0 Å². The van der Waals surface area contributed by atoms with Crippen LogP contribution in [0, 0.1) is 16.7 Å². The standard InChI is InChI=1S/C22H24BrF2N5O5/c1-12(28-18(32)17(31)27-2)10-21(11-26)5-7-22(8-6-21)16(29-30-20(33)35-22)14-9-13(34-19(24)25)3-4-15(14)23/h3-4,9,12,19H,5-8,10H2,1-2H3,(H,27,31)(H,28,32)(H,30,33)/t12-,21?,22?/m0/s1/i2D3. The Morgan fingerprint density at radius 2 is 2.09 bits per heavy atom. The van der Waals surface area contributed by atoms with Gasteiger partial charge in [-0.05, 0) is 57.2 Å². The topological polar surface area (TPSA) is 142 Å². The van der Waals surface area contributed by atoms with Crippen molar-refractivity contribution in [1.82, 2.24) is 16.1 Å². The molecule has 35 heavy (non-hydrogen) atoms. The summed E-state index contributed by atoms with van der Waals surface area (Å²) in [5.41, 5.74) is 0.612. The van der Waals surface area contributed by atoms with Gasteiger partial charge in [0.25, 0.3) is 0 Å². The third-order valence-electron chi connectivity index (χ3n) is 6.04. The highest BCUT2D eigenvalue weighted by molar-refractivity contribution is 9.10. The van der Waals surface area contributed by atoms with E-state index in [4.69, 9.17) is 8.85 Å². The van der Waals surface area contributed by atoms with Crippen LogP contribution in [0.25, 0.3) is 0 Å². The number of ether oxygens (including phenoxy) is 2. The number of hydrogen-bond acceptors (Lipinski definition) is 7. The summed E-state index contributed by atoms with van der Waals surface area (Å²) in [6, 6.07) is 5.77. The van der Waals surface area contributed by atoms with Crippen molar-refractivity contribution in [3.8, 4) is 11.8 Å². The summed E-state index contributed by atoms with van der Waals surface area (Å²) in [5.74, 6) is -2.59. The van der Waals surface area contributed by atoms with Gasteiger partial charge in [-0.1, -0.05) is 15.9 Å². The molecule has 1 aromatic carbocycles. The summed E-state index contributed by atoms with van der Waals surface area (Å²) in [6.45, 7) is -4.29. The first-order valence-electron chi connectivity index (χ1n) is 12.0. The fourth-order valence-electron chi connectivity index (χ4n) is 4.44. The molecule has 1 saturated carbocycles. The number of nitrogens with zero attached hydrogens (tertiary/aromatic N) is 2. The van der Waals surface area contributed by atoms with Crippen molar-refractivity contribution in [3.63, 3.8) is 0 Å². The molecule has 0 unspecified atom stereocenters. The summed E-state index contributed by atoms with van der Waals surface area (Å²) < 4.78 is 57.3. The molecule has 1 spiro atoms. The third-order valence-corrected chi connectivity index (χ3v) is 6.73. The van der Waals surface area contributed by atoms with Gasteiger partial charge in [0.05, 0.1) is 11.5 Å². The first kappa shape index (κ1) is 22.2. The lowest BCUT2D eigenvalue weighted by Crippen LogP contribution is -2.54. The first-order valence-corrected chi connectivity index (χ1v) is 11.3. The van der Waals surface area contributed by atoms with Gasteiger partial charge in [0.1, 0.15) is 11.5 Å². The lowest BCUT2D eigenvalue weighted by atomic mass is 9.65. The van der Waals surface area contributed by atoms with E-state index in [-0.39, 0.29) is 43.6 Å². The molecule has 2 aliphatic rings. The van der Waals surface area contributed by atoms with Crippen LogP contribution in [0.15, 0.2) is 27.8 Å². The highest BCUT2D eigenvalue weighted by Crippen LogP contribution is 2.47. The van der Waals surface area contributed by atoms with Gasteiger partial charge in [0.15, 0.2) is 5.60 Å². The average molecular weight is 559 g/mol. The van der Waals surface area contributed by atoms with Crippen molar-refractivity contribution in [2.45, 2.75) is 57.3 Å². The minimum atomic E-state index is -3.05. The van der Waals surface area contributed by atoms with E-state index in [1.807, 2.05) is 0 Å². The maximum atomic E-state index is 12.8. The highest BCUT2D eigenvalue weighted by atomic mass is 79.9. The lowest BCUT2D eigenvalue weighted by Gasteiger charge is -2.45. The molecule has 1 heterocycles. The second-order valence-electron chi connectivity index (χ2n) is 8.40. The number of carbonyl (C=O) groups excluding carboxylic acids is 3. The number of hydrogen-bond donors (Lipinski definition) is 3. The Kier molecular flexibility index (Phi) is 6.70. The SMILES string of the molecule is [2H]C([2H])([2H])NC(=O)C(=O)N[C@@H](C)CC1(C#N)CCC2(CC1)OC(=O)NN=C2c1cc(OC(F)F)ccc1Br. The van der Waals surface area contributed by atoms with Gasteiger partial charge in [-0.3, -0.25) is 9.59 Å². The van der Waals surface area contributed by atoms with E-state index in [1.165, 1.54) is 18.2 Å². The van der Waals surface area contributed by atoms with Crippen LogP contribution in [0.3, 0.4) is 0 Å². The number of nitrogens with one attached hydrogen (secondary N) is 3. The number of alkyl halides is 2. The Morgan fingerprint density at radius 1 is 1.37 bits per heavy atom. The fraction of sp³-hybridized carbons (Fsp3) is 0.500. The van der Waals surface area contributed by atoms with Crippen LogP contribution < -0.4 is 20.8 Å². The zero-order chi connectivity index (χ0) is 28.3. The molecule has 1 aliphatic carbocycles. The van der Waals surface area contributed by atoms with E-state index in [9.17, 15) is 28.4 Å². The largest absolute Gasteiger partial charge is 0.435 e. The Labute approximate surface area is 212 Å². The van der Waals surface area contributed by atoms with Gasteiger partial charge in [-0.25, -0.2) is 10.2 Å². The minimum absolute atomic E-state index is 0.123. The molecular weight excluding hydrogens is 532 g/mol. The van der Waals surface area contributed by atoms with Gasteiger partial charge in [-0.2, -0.15) is 19.1 Å². The van der Waals surface area contributed by atoms with E-state index in [2.05, 4.69) is 42.6 Å². The second kappa shape index (κ2) is 10.6. The summed E-state index contributed by atoms with van der Waals surface area (Å²) in [4.78, 5) is 36.0. The number of carbonyl (C=O) groups is 3. The lowest BCUT2D eigenvalue weighted by molar-refractivity contribution is -0.139. The molecular formula is C22H24BrF2N5O5. The zero-order valence-corrected chi connectivity index (χ0v) is 20.1. The van der Waals surface area contributed by atoms with Crippen molar-refractivity contribution in [1.29, 1.82) is 5.26 Å². The normalized spacial score (nSPS) is 26.1. The van der Waals surface area contributed by atoms with Crippen LogP contribution in [0.1, 0.15) is 48.7 Å². The van der Waals surface area contributed by atoms with Crippen LogP contribution >= 0.6 is 15.9 Å². The van der Waals surface area contributed by atoms with Crippen LogP contribution in [0.2, 0.25) is 0 Å². The molecule has 1 fully saturated rings. The van der Waals surface area contributed by atoms with Crippen LogP contribution in [-0.2, 0) is 14.3 Å². The Hall–Kier alpha value is -3.27. The predicted octanol–water partition coefficient (Wildman–Crippen LogP) is 2.96. The third kappa shape index (κ3) is 5.87. The Balaban J connectivity index is 1.77. The molecule has 1 aromatic rings. The van der Waals surface area contributed by atoms with E-state index < -0.39 is 48.6 Å². The Morgan fingerprint density at radius 3 is 2.71 bits per heavy atom. The molecule has 0 radical (unpaired) electrons. The fourth-order valence-corrected chi connectivity index (χ4v) is 4.87. The van der Waals surface area contributed by atoms with Gasteiger partial charge in [0.2, 0.25) is 0 Å². The maximum absolute atomic E-state index is 12.8. The molecule has 1 aliphatic heterocycles. The molecule has 1 atom stereocenters. The molecule has 3 N–H and O–H groups in total. The molecule has 0 bridgehead atoms. The number of nitriles is 1. The van der Waals surface area contributed by atoms with Gasteiger partial charge >= 0.3 is 24.5 Å². The molecule has 188 valence electrons. The summed E-state index contributed by atoms with van der Waals surface area (Å²) in [5, 5.41) is 18.2. The van der Waals surface area contributed by atoms with Crippen LogP contribution in [-0.4, -0.2) is 48.8 Å². The number of benzene rings is 1. The summed E-state index contributed by atoms with van der Waals surface area (Å²) >= 11 is 3.37. The van der Waals surface area contributed by atoms with Crippen molar-refractivity contribution in [2.24, 2.45) is 10.5 Å². The zero-order valence-electron chi connectivity index (χ0n) is 21.5. The van der Waals surface area contributed by atoms with Crippen molar-refractivity contribution < 1.29 is 36.8 Å². The molecule has 0 aromatic heterocycles. The second-order valence-corrected chi connectivity index (χ2v) is 9.26. The molecule has 10 nitrogen and oxygen atoms in total. The highest BCUT2D eigenvalue weighted by Gasteiger charge is 2.51. The monoisotopic (exact) mass is 558 g/mol. The summed E-state index contributed by atoms with van der Waals surface area (Å²) in [7, 11) is 0. The van der Waals surface area contributed by atoms with Gasteiger partial charge in [-0.15, -0.1) is 0 Å². The smallest absolute Gasteiger partial charge is 0.428 e. The summed E-state index contributed by atoms with van der Waals surface area (Å²) in [6.07, 6.45) is 0.0470. The van der Waals surface area contributed by atoms with Crippen LogP contribution in [0.5, 0.6) is 5.75 Å². The Bertz CT molecular complexity index is 1180. The first-order chi connectivity index (χ1) is 17.7. The quantitative estimate of drug-likeness (QED) is 0.458. The maximum Gasteiger partial charge on any atom is 0.428 e. The predicted molar refractivity (Wildman–Crippen MR) is 122 cm³/mol. The molecule has 3 amide bonds. The average Bonchev–Trinajstić information content (AvgIpc) is 2.81. The molecule has 13 heteroatoms. The number of halogens is 3.